The first kappa shape index (κ1) is 20.3. The second kappa shape index (κ2) is 8.38. The maximum absolute atomic E-state index is 12.8. The Morgan fingerprint density at radius 3 is 2.83 bits per heavy atom. The van der Waals surface area contributed by atoms with E-state index in [1.165, 1.54) is 11.1 Å². The molecule has 1 aliphatic rings. The lowest BCUT2D eigenvalue weighted by atomic mass is 10.0. The fourth-order valence-corrected chi connectivity index (χ4v) is 3.63. The van der Waals surface area contributed by atoms with Crippen molar-refractivity contribution in [2.75, 3.05) is 6.54 Å². The molecule has 7 nitrogen and oxygen atoms in total. The van der Waals surface area contributed by atoms with E-state index in [4.69, 9.17) is 23.2 Å². The van der Waals surface area contributed by atoms with Crippen LogP contribution in [0.15, 0.2) is 42.6 Å². The van der Waals surface area contributed by atoms with Crippen LogP contribution in [-0.4, -0.2) is 38.2 Å². The molecule has 0 atom stereocenters. The lowest BCUT2D eigenvalue weighted by Crippen LogP contribution is -2.37. The van der Waals surface area contributed by atoms with Gasteiger partial charge in [0.2, 0.25) is 11.2 Å². The zero-order chi connectivity index (χ0) is 21.3. The topological polar surface area (TPSA) is 88.1 Å². The quantitative estimate of drug-likeness (QED) is 0.612. The lowest BCUT2D eigenvalue weighted by molar-refractivity contribution is -0.122. The number of carbonyl (C=O) groups is 2. The highest BCUT2D eigenvalue weighted by molar-refractivity contribution is 6.33. The molecule has 1 aromatic carbocycles. The standard InChI is InChI=1S/C21H17Cl2N5O2/c1-12-3-2-4-15(26-12)8-24-18(29)11-28-10-14-6-5-13(7-16(14)20(28)30)19-17(22)9-25-21(23)27-19/h2-7,9H,8,10-11H2,1H3,(H,24,29). The van der Waals surface area contributed by atoms with Gasteiger partial charge in [0.25, 0.3) is 5.91 Å². The number of hydrogen-bond acceptors (Lipinski definition) is 5. The Morgan fingerprint density at radius 2 is 2.03 bits per heavy atom. The fourth-order valence-electron chi connectivity index (χ4n) is 3.30. The van der Waals surface area contributed by atoms with Crippen LogP contribution in [0.25, 0.3) is 11.3 Å². The summed E-state index contributed by atoms with van der Waals surface area (Å²) in [6, 6.07) is 11.0. The van der Waals surface area contributed by atoms with Gasteiger partial charge in [-0.25, -0.2) is 9.97 Å². The maximum Gasteiger partial charge on any atom is 0.254 e. The molecule has 0 saturated carbocycles. The predicted octanol–water partition coefficient (Wildman–Crippen LogP) is 3.43. The number of halogens is 2. The van der Waals surface area contributed by atoms with Crippen LogP contribution in [0.5, 0.6) is 0 Å². The molecule has 0 bridgehead atoms. The van der Waals surface area contributed by atoms with Crippen LogP contribution < -0.4 is 5.32 Å². The van der Waals surface area contributed by atoms with Crippen molar-refractivity contribution in [1.29, 1.82) is 0 Å². The van der Waals surface area contributed by atoms with E-state index in [0.29, 0.717) is 34.9 Å². The van der Waals surface area contributed by atoms with Gasteiger partial charge in [-0.05, 0) is 42.3 Å². The number of nitrogens with zero attached hydrogens (tertiary/aromatic N) is 4. The summed E-state index contributed by atoms with van der Waals surface area (Å²) in [6.45, 7) is 2.53. The number of nitrogens with one attached hydrogen (secondary N) is 1. The molecule has 2 amide bonds. The van der Waals surface area contributed by atoms with Crippen molar-refractivity contribution in [2.24, 2.45) is 0 Å². The SMILES string of the molecule is Cc1cccc(CNC(=O)CN2Cc3ccc(-c4nc(Cl)ncc4Cl)cc3C2=O)n1. The highest BCUT2D eigenvalue weighted by atomic mass is 35.5. The van der Waals surface area contributed by atoms with Crippen LogP contribution in [0.3, 0.4) is 0 Å². The molecule has 1 N–H and O–H groups in total. The smallest absolute Gasteiger partial charge is 0.254 e. The number of rotatable bonds is 5. The molecule has 152 valence electrons. The molecular formula is C21H17Cl2N5O2. The number of hydrogen-bond donors (Lipinski definition) is 1. The van der Waals surface area contributed by atoms with Gasteiger partial charge >= 0.3 is 0 Å². The number of benzene rings is 1. The van der Waals surface area contributed by atoms with E-state index in [2.05, 4.69) is 20.3 Å². The van der Waals surface area contributed by atoms with Crippen molar-refractivity contribution in [3.05, 3.63) is 75.4 Å². The number of aryl methyl sites for hydroxylation is 1. The van der Waals surface area contributed by atoms with Crippen molar-refractivity contribution in [2.45, 2.75) is 20.0 Å². The normalized spacial score (nSPS) is 12.8. The third-order valence-electron chi connectivity index (χ3n) is 4.72. The van der Waals surface area contributed by atoms with E-state index >= 15 is 0 Å². The van der Waals surface area contributed by atoms with E-state index < -0.39 is 0 Å². The molecule has 30 heavy (non-hydrogen) atoms. The summed E-state index contributed by atoms with van der Waals surface area (Å²) in [5.41, 5.74) is 4.12. The van der Waals surface area contributed by atoms with E-state index in [1.54, 1.807) is 6.07 Å². The molecule has 4 rings (SSSR count). The van der Waals surface area contributed by atoms with Gasteiger partial charge < -0.3 is 10.2 Å². The average Bonchev–Trinajstić information content (AvgIpc) is 3.03. The summed E-state index contributed by atoms with van der Waals surface area (Å²) in [7, 11) is 0. The van der Waals surface area contributed by atoms with E-state index in [9.17, 15) is 9.59 Å². The summed E-state index contributed by atoms with van der Waals surface area (Å²) in [5, 5.41) is 3.22. The Hall–Kier alpha value is -3.03. The Kier molecular flexibility index (Phi) is 5.65. The van der Waals surface area contributed by atoms with Crippen LogP contribution in [0.4, 0.5) is 0 Å². The second-order valence-corrected chi connectivity index (χ2v) is 7.66. The first-order chi connectivity index (χ1) is 14.4. The molecule has 2 aromatic heterocycles. The highest BCUT2D eigenvalue weighted by Gasteiger charge is 2.29. The second-order valence-electron chi connectivity index (χ2n) is 6.92. The monoisotopic (exact) mass is 441 g/mol. The van der Waals surface area contributed by atoms with E-state index in [1.807, 2.05) is 37.3 Å². The summed E-state index contributed by atoms with van der Waals surface area (Å²) < 4.78 is 0. The van der Waals surface area contributed by atoms with E-state index in [-0.39, 0.29) is 23.6 Å². The van der Waals surface area contributed by atoms with Crippen LogP contribution in [-0.2, 0) is 17.9 Å². The number of pyridine rings is 1. The molecule has 1 aliphatic heterocycles. The predicted molar refractivity (Wildman–Crippen MR) is 113 cm³/mol. The molecule has 0 unspecified atom stereocenters. The fraction of sp³-hybridized carbons (Fsp3) is 0.190. The highest BCUT2D eigenvalue weighted by Crippen LogP contribution is 2.31. The van der Waals surface area contributed by atoms with Gasteiger partial charge in [0.15, 0.2) is 0 Å². The van der Waals surface area contributed by atoms with Crippen LogP contribution in [0.1, 0.15) is 27.3 Å². The van der Waals surface area contributed by atoms with Crippen LogP contribution >= 0.6 is 23.2 Å². The molecule has 0 saturated heterocycles. The third-order valence-corrected chi connectivity index (χ3v) is 5.18. The molecular weight excluding hydrogens is 425 g/mol. The molecule has 0 spiro atoms. The lowest BCUT2D eigenvalue weighted by Gasteiger charge is -2.15. The number of carbonyl (C=O) groups excluding carboxylic acids is 2. The summed E-state index contributed by atoms with van der Waals surface area (Å²) in [4.78, 5) is 39.0. The number of amides is 2. The summed E-state index contributed by atoms with van der Waals surface area (Å²) in [6.07, 6.45) is 1.42. The molecule has 0 radical (unpaired) electrons. The van der Waals surface area contributed by atoms with Crippen molar-refractivity contribution in [3.8, 4) is 11.3 Å². The summed E-state index contributed by atoms with van der Waals surface area (Å²) in [5.74, 6) is -0.461. The Morgan fingerprint density at radius 1 is 1.20 bits per heavy atom. The zero-order valence-electron chi connectivity index (χ0n) is 16.0. The summed E-state index contributed by atoms with van der Waals surface area (Å²) >= 11 is 12.0. The average molecular weight is 442 g/mol. The Labute approximate surface area is 183 Å². The minimum absolute atomic E-state index is 0.0330. The Balaban J connectivity index is 1.45. The van der Waals surface area contributed by atoms with Gasteiger partial charge in [0, 0.05) is 23.4 Å². The molecule has 9 heteroatoms. The minimum Gasteiger partial charge on any atom is -0.349 e. The van der Waals surface area contributed by atoms with Crippen molar-refractivity contribution in [1.82, 2.24) is 25.2 Å². The first-order valence-corrected chi connectivity index (χ1v) is 9.96. The van der Waals surface area contributed by atoms with Crippen LogP contribution in [0.2, 0.25) is 10.3 Å². The van der Waals surface area contributed by atoms with Gasteiger partial charge in [-0.1, -0.05) is 29.8 Å². The first-order valence-electron chi connectivity index (χ1n) is 9.20. The van der Waals surface area contributed by atoms with Crippen LogP contribution in [0, 0.1) is 6.92 Å². The van der Waals surface area contributed by atoms with Gasteiger partial charge in [0.1, 0.15) is 6.54 Å². The van der Waals surface area contributed by atoms with Gasteiger partial charge in [-0.15, -0.1) is 0 Å². The molecule has 3 aromatic rings. The molecule has 3 heterocycles. The van der Waals surface area contributed by atoms with E-state index in [0.717, 1.165) is 17.0 Å². The van der Waals surface area contributed by atoms with Crippen molar-refractivity contribution in [3.63, 3.8) is 0 Å². The van der Waals surface area contributed by atoms with Gasteiger partial charge in [-0.2, -0.15) is 0 Å². The molecule has 0 aliphatic carbocycles. The number of fused-ring (bicyclic) bond motifs is 1. The largest absolute Gasteiger partial charge is 0.349 e. The third kappa shape index (κ3) is 4.27. The maximum atomic E-state index is 12.8. The van der Waals surface area contributed by atoms with Crippen molar-refractivity contribution < 1.29 is 9.59 Å². The van der Waals surface area contributed by atoms with Gasteiger partial charge in [0.05, 0.1) is 29.2 Å². The molecule has 0 fully saturated rings. The Bertz CT molecular complexity index is 1150. The number of aromatic nitrogens is 3. The van der Waals surface area contributed by atoms with Gasteiger partial charge in [-0.3, -0.25) is 14.6 Å². The minimum atomic E-state index is -0.245. The zero-order valence-corrected chi connectivity index (χ0v) is 17.5. The van der Waals surface area contributed by atoms with Crippen molar-refractivity contribution >= 4 is 35.0 Å².